The van der Waals surface area contributed by atoms with Gasteiger partial charge in [-0.05, 0) is 6.92 Å². The van der Waals surface area contributed by atoms with Gasteiger partial charge in [0, 0.05) is 38.7 Å². The fourth-order valence-electron chi connectivity index (χ4n) is 2.17. The average Bonchev–Trinajstić information content (AvgIpc) is 2.31. The molecule has 1 atom stereocenters. The van der Waals surface area contributed by atoms with E-state index in [1.807, 2.05) is 6.92 Å². The Morgan fingerprint density at radius 1 is 1.56 bits per heavy atom. The number of hydrogen-bond acceptors (Lipinski definition) is 5. The number of carbonyl (C=O) groups is 1. The number of anilines is 2. The lowest BCUT2D eigenvalue weighted by Gasteiger charge is -2.40. The summed E-state index contributed by atoms with van der Waals surface area (Å²) in [6.07, 6.45) is 0. The van der Waals surface area contributed by atoms with Gasteiger partial charge in [-0.25, -0.2) is 0 Å². The minimum atomic E-state index is -0.152. The Morgan fingerprint density at radius 2 is 2.28 bits per heavy atom. The second kappa shape index (κ2) is 4.97. The maximum atomic E-state index is 11.3. The van der Waals surface area contributed by atoms with Gasteiger partial charge >= 0.3 is 0 Å². The summed E-state index contributed by atoms with van der Waals surface area (Å²) in [5.41, 5.74) is 6.56. The molecule has 0 aliphatic carbocycles. The van der Waals surface area contributed by atoms with E-state index in [2.05, 4.69) is 22.0 Å². The zero-order valence-electron chi connectivity index (χ0n) is 10.1. The van der Waals surface area contributed by atoms with E-state index >= 15 is 0 Å². The molecule has 1 aliphatic rings. The van der Waals surface area contributed by atoms with Gasteiger partial charge in [0.05, 0.1) is 5.69 Å². The fraction of sp³-hybridized carbons (Fsp3) is 0.455. The molecular formula is C11H15ClN5O. The molecule has 2 rings (SSSR count). The van der Waals surface area contributed by atoms with Crippen LogP contribution < -0.4 is 10.6 Å². The molecule has 1 fully saturated rings. The Morgan fingerprint density at radius 3 is 2.89 bits per heavy atom. The van der Waals surface area contributed by atoms with Crippen molar-refractivity contribution in [2.45, 2.75) is 13.0 Å². The standard InChI is InChI=1S/C11H15ClN5O/c1-7-6-16(3-4-17(7)8(2)18)9-5-10(12)14-15-11(9)13/h5,7H,2-4,6H2,1H3,(H2,13,15). The van der Waals surface area contributed by atoms with E-state index in [1.54, 1.807) is 11.0 Å². The van der Waals surface area contributed by atoms with Gasteiger partial charge < -0.3 is 15.5 Å². The minimum absolute atomic E-state index is 0.0788. The third kappa shape index (κ3) is 2.48. The molecule has 0 bridgehead atoms. The molecule has 18 heavy (non-hydrogen) atoms. The maximum Gasteiger partial charge on any atom is 0.223 e. The molecule has 7 heteroatoms. The quantitative estimate of drug-likeness (QED) is 0.807. The van der Waals surface area contributed by atoms with E-state index in [4.69, 9.17) is 17.3 Å². The summed E-state index contributed by atoms with van der Waals surface area (Å²) in [7, 11) is 0. The number of aromatic nitrogens is 2. The van der Waals surface area contributed by atoms with Crippen LogP contribution in [0.3, 0.4) is 0 Å². The van der Waals surface area contributed by atoms with E-state index in [9.17, 15) is 4.79 Å². The van der Waals surface area contributed by atoms with Crippen LogP contribution in [-0.4, -0.2) is 46.7 Å². The molecule has 1 amide bonds. The van der Waals surface area contributed by atoms with E-state index in [1.165, 1.54) is 0 Å². The average molecular weight is 269 g/mol. The Hall–Kier alpha value is -1.56. The molecule has 1 radical (unpaired) electrons. The molecular weight excluding hydrogens is 254 g/mol. The van der Waals surface area contributed by atoms with Gasteiger partial charge in [-0.3, -0.25) is 4.79 Å². The van der Waals surface area contributed by atoms with Crippen LogP contribution in [0.4, 0.5) is 11.5 Å². The predicted octanol–water partition coefficient (Wildman–Crippen LogP) is 0.583. The second-order valence-electron chi connectivity index (χ2n) is 4.32. The summed E-state index contributed by atoms with van der Waals surface area (Å²) in [6.45, 7) is 7.38. The first kappa shape index (κ1) is 12.9. The van der Waals surface area contributed by atoms with Crippen molar-refractivity contribution in [3.8, 4) is 0 Å². The molecule has 1 aromatic rings. The normalized spacial score (nSPS) is 20.1. The van der Waals surface area contributed by atoms with Gasteiger partial charge in [-0.15, -0.1) is 10.2 Å². The van der Waals surface area contributed by atoms with Crippen molar-refractivity contribution in [2.75, 3.05) is 30.3 Å². The summed E-state index contributed by atoms with van der Waals surface area (Å²) < 4.78 is 0. The van der Waals surface area contributed by atoms with Crippen molar-refractivity contribution in [3.63, 3.8) is 0 Å². The molecule has 0 saturated carbocycles. The highest BCUT2D eigenvalue weighted by atomic mass is 35.5. The van der Waals surface area contributed by atoms with Crippen LogP contribution >= 0.6 is 11.6 Å². The SMILES string of the molecule is [CH2]C(=O)N1CCN(c2cc(Cl)nnc2N)CC1C. The van der Waals surface area contributed by atoms with Gasteiger partial charge in [0.15, 0.2) is 11.0 Å². The number of carbonyl (C=O) groups excluding carboxylic acids is 1. The molecule has 0 spiro atoms. The second-order valence-corrected chi connectivity index (χ2v) is 4.71. The zero-order chi connectivity index (χ0) is 13.3. The van der Waals surface area contributed by atoms with Crippen LogP contribution in [0.2, 0.25) is 5.15 Å². The number of hydrogen-bond donors (Lipinski definition) is 1. The van der Waals surface area contributed by atoms with Crippen LogP contribution in [0.25, 0.3) is 0 Å². The number of nitrogens with zero attached hydrogens (tertiary/aromatic N) is 4. The van der Waals surface area contributed by atoms with E-state index < -0.39 is 0 Å². The van der Waals surface area contributed by atoms with Gasteiger partial charge in [-0.1, -0.05) is 11.6 Å². The number of halogens is 1. The molecule has 1 aliphatic heterocycles. The minimum Gasteiger partial charge on any atom is -0.380 e. The van der Waals surface area contributed by atoms with E-state index in [-0.39, 0.29) is 11.9 Å². The first-order valence-electron chi connectivity index (χ1n) is 5.65. The van der Waals surface area contributed by atoms with Gasteiger partial charge in [-0.2, -0.15) is 0 Å². The van der Waals surface area contributed by atoms with Crippen LogP contribution in [0.5, 0.6) is 0 Å². The Bertz CT molecular complexity index is 467. The molecule has 2 N–H and O–H groups in total. The van der Waals surface area contributed by atoms with Crippen LogP contribution in [0, 0.1) is 6.92 Å². The van der Waals surface area contributed by atoms with Crippen molar-refractivity contribution in [1.82, 2.24) is 15.1 Å². The highest BCUT2D eigenvalue weighted by Crippen LogP contribution is 2.25. The first-order chi connectivity index (χ1) is 8.49. The van der Waals surface area contributed by atoms with Crippen molar-refractivity contribution < 1.29 is 4.79 Å². The van der Waals surface area contributed by atoms with Crippen molar-refractivity contribution in [2.24, 2.45) is 0 Å². The summed E-state index contributed by atoms with van der Waals surface area (Å²) in [4.78, 5) is 15.1. The molecule has 97 valence electrons. The summed E-state index contributed by atoms with van der Waals surface area (Å²) in [5.74, 6) is 0.196. The highest BCUT2D eigenvalue weighted by molar-refractivity contribution is 6.29. The summed E-state index contributed by atoms with van der Waals surface area (Å²) in [6, 6.07) is 1.77. The molecule has 1 aromatic heterocycles. The van der Waals surface area contributed by atoms with Crippen molar-refractivity contribution in [3.05, 3.63) is 18.1 Å². The number of nitrogen functional groups attached to an aromatic ring is 1. The number of piperazine rings is 1. The first-order valence-corrected chi connectivity index (χ1v) is 6.03. The fourth-order valence-corrected chi connectivity index (χ4v) is 2.31. The van der Waals surface area contributed by atoms with Crippen LogP contribution in [0.1, 0.15) is 6.92 Å². The molecule has 0 aromatic carbocycles. The van der Waals surface area contributed by atoms with Gasteiger partial charge in [0.25, 0.3) is 0 Å². The van der Waals surface area contributed by atoms with Crippen molar-refractivity contribution in [1.29, 1.82) is 0 Å². The molecule has 6 nitrogen and oxygen atoms in total. The largest absolute Gasteiger partial charge is 0.380 e. The van der Waals surface area contributed by atoms with Gasteiger partial charge in [0.2, 0.25) is 5.91 Å². The summed E-state index contributed by atoms with van der Waals surface area (Å²) >= 11 is 5.82. The van der Waals surface area contributed by atoms with Crippen LogP contribution in [-0.2, 0) is 4.79 Å². The zero-order valence-corrected chi connectivity index (χ0v) is 10.9. The number of rotatable bonds is 1. The van der Waals surface area contributed by atoms with E-state index in [0.717, 1.165) is 5.69 Å². The lowest BCUT2D eigenvalue weighted by Crippen LogP contribution is -2.53. The lowest BCUT2D eigenvalue weighted by atomic mass is 10.1. The third-order valence-corrected chi connectivity index (χ3v) is 3.24. The smallest absolute Gasteiger partial charge is 0.223 e. The Balaban J connectivity index is 2.17. The molecule has 1 saturated heterocycles. The molecule has 1 unspecified atom stereocenters. The number of nitrogens with two attached hydrogens (primary N) is 1. The van der Waals surface area contributed by atoms with Gasteiger partial charge in [0.1, 0.15) is 0 Å². The highest BCUT2D eigenvalue weighted by Gasteiger charge is 2.26. The van der Waals surface area contributed by atoms with Crippen LogP contribution in [0.15, 0.2) is 6.07 Å². The predicted molar refractivity (Wildman–Crippen MR) is 70.2 cm³/mol. The monoisotopic (exact) mass is 268 g/mol. The van der Waals surface area contributed by atoms with Crippen molar-refractivity contribution >= 4 is 29.0 Å². The summed E-state index contributed by atoms with van der Waals surface area (Å²) in [5, 5.41) is 7.79. The molecule has 2 heterocycles. The number of amides is 1. The maximum absolute atomic E-state index is 11.3. The Kier molecular flexibility index (Phi) is 3.56. The van der Waals surface area contributed by atoms with E-state index in [0.29, 0.717) is 30.6 Å². The topological polar surface area (TPSA) is 75.4 Å². The Labute approximate surface area is 111 Å². The lowest BCUT2D eigenvalue weighted by molar-refractivity contribution is -0.128. The third-order valence-electron chi connectivity index (χ3n) is 3.06.